The van der Waals surface area contributed by atoms with Gasteiger partial charge in [0.15, 0.2) is 11.6 Å². The Balaban J connectivity index is 2.47. The van der Waals surface area contributed by atoms with Gasteiger partial charge in [-0.2, -0.15) is 5.10 Å². The van der Waals surface area contributed by atoms with E-state index in [0.717, 1.165) is 15.7 Å². The molecule has 0 radical (unpaired) electrons. The van der Waals surface area contributed by atoms with Gasteiger partial charge in [0.1, 0.15) is 0 Å². The van der Waals surface area contributed by atoms with Crippen molar-refractivity contribution in [2.45, 2.75) is 0 Å². The van der Waals surface area contributed by atoms with Crippen LogP contribution >= 0.6 is 15.9 Å². The molecule has 1 aromatic carbocycles. The molecular weight excluding hydrogens is 263 g/mol. The van der Waals surface area contributed by atoms with Crippen molar-refractivity contribution in [3.05, 3.63) is 34.7 Å². The summed E-state index contributed by atoms with van der Waals surface area (Å²) in [6.07, 6.45) is 1.62. The molecule has 2 aromatic rings. The number of hydrogen-bond acceptors (Lipinski definition) is 2. The smallest absolute Gasteiger partial charge is 0.165 e. The summed E-state index contributed by atoms with van der Waals surface area (Å²) >= 11 is 3.32. The maximum absolute atomic E-state index is 13.4. The fourth-order valence-electron chi connectivity index (χ4n) is 1.30. The van der Waals surface area contributed by atoms with Crippen molar-refractivity contribution in [3.8, 4) is 17.0 Å². The molecule has 0 aliphatic heterocycles. The van der Waals surface area contributed by atoms with Crippen LogP contribution in [0.2, 0.25) is 0 Å². The minimum absolute atomic E-state index is 0.231. The monoisotopic (exact) mass is 270 g/mol. The summed E-state index contributed by atoms with van der Waals surface area (Å²) in [6.45, 7) is 0. The molecule has 0 bridgehead atoms. The molecule has 0 amide bonds. The van der Waals surface area contributed by atoms with Crippen LogP contribution in [0.15, 0.2) is 28.9 Å². The molecule has 0 saturated carbocycles. The van der Waals surface area contributed by atoms with Crippen LogP contribution in [0.5, 0.6) is 5.75 Å². The lowest BCUT2D eigenvalue weighted by Crippen LogP contribution is -1.89. The van der Waals surface area contributed by atoms with Crippen molar-refractivity contribution in [2.24, 2.45) is 0 Å². The van der Waals surface area contributed by atoms with Crippen molar-refractivity contribution in [3.63, 3.8) is 0 Å². The third kappa shape index (κ3) is 1.87. The van der Waals surface area contributed by atoms with E-state index in [-0.39, 0.29) is 5.75 Å². The van der Waals surface area contributed by atoms with Gasteiger partial charge in [0.2, 0.25) is 0 Å². The lowest BCUT2D eigenvalue weighted by Gasteiger charge is -2.03. The molecule has 1 aromatic heterocycles. The standard InChI is InChI=1S/C10H8BrFN2O/c1-15-9-3-2-6(4-8(9)12)10-7(11)5-13-14-10/h2-5H,1H3,(H,13,14). The number of hydrogen-bond donors (Lipinski definition) is 1. The van der Waals surface area contributed by atoms with E-state index in [4.69, 9.17) is 4.74 Å². The molecule has 0 aliphatic rings. The van der Waals surface area contributed by atoms with E-state index >= 15 is 0 Å². The van der Waals surface area contributed by atoms with Crippen molar-refractivity contribution in [2.75, 3.05) is 7.11 Å². The molecule has 0 fully saturated rings. The molecule has 0 aliphatic carbocycles. The predicted octanol–water partition coefficient (Wildman–Crippen LogP) is 2.99. The van der Waals surface area contributed by atoms with Gasteiger partial charge in [-0.05, 0) is 34.1 Å². The number of nitrogens with zero attached hydrogens (tertiary/aromatic N) is 1. The Morgan fingerprint density at radius 1 is 1.47 bits per heavy atom. The Labute approximate surface area is 94.4 Å². The van der Waals surface area contributed by atoms with Gasteiger partial charge in [-0.15, -0.1) is 0 Å². The van der Waals surface area contributed by atoms with Gasteiger partial charge in [0.25, 0.3) is 0 Å². The zero-order chi connectivity index (χ0) is 10.8. The lowest BCUT2D eigenvalue weighted by molar-refractivity contribution is 0.386. The van der Waals surface area contributed by atoms with Crippen LogP contribution in [0, 0.1) is 5.82 Å². The Hall–Kier alpha value is -1.36. The molecule has 1 N–H and O–H groups in total. The first-order valence-corrected chi connectivity index (χ1v) is 5.04. The van der Waals surface area contributed by atoms with Crippen LogP contribution in [-0.4, -0.2) is 17.3 Å². The highest BCUT2D eigenvalue weighted by Gasteiger charge is 2.08. The molecule has 2 rings (SSSR count). The first kappa shape index (κ1) is 10.2. The molecule has 0 spiro atoms. The highest BCUT2D eigenvalue weighted by molar-refractivity contribution is 9.10. The van der Waals surface area contributed by atoms with Crippen molar-refractivity contribution in [1.82, 2.24) is 10.2 Å². The zero-order valence-electron chi connectivity index (χ0n) is 7.92. The molecule has 5 heteroatoms. The second kappa shape index (κ2) is 4.02. The average Bonchev–Trinajstić information content (AvgIpc) is 2.64. The van der Waals surface area contributed by atoms with E-state index in [2.05, 4.69) is 26.1 Å². The SMILES string of the molecule is COc1ccc(-c2[nH]ncc2Br)cc1F. The number of rotatable bonds is 2. The maximum Gasteiger partial charge on any atom is 0.165 e. The van der Waals surface area contributed by atoms with E-state index in [1.165, 1.54) is 13.2 Å². The first-order valence-electron chi connectivity index (χ1n) is 4.25. The third-order valence-corrected chi connectivity index (χ3v) is 2.63. The summed E-state index contributed by atoms with van der Waals surface area (Å²) in [5, 5.41) is 6.63. The van der Waals surface area contributed by atoms with Crippen LogP contribution in [0.1, 0.15) is 0 Å². The largest absolute Gasteiger partial charge is 0.494 e. The second-order valence-corrected chi connectivity index (χ2v) is 3.80. The number of nitrogens with one attached hydrogen (secondary N) is 1. The van der Waals surface area contributed by atoms with Crippen LogP contribution in [0.4, 0.5) is 4.39 Å². The van der Waals surface area contributed by atoms with E-state index < -0.39 is 5.82 Å². The Morgan fingerprint density at radius 2 is 2.27 bits per heavy atom. The number of halogens is 2. The summed E-state index contributed by atoms with van der Waals surface area (Å²) in [4.78, 5) is 0. The van der Waals surface area contributed by atoms with Crippen LogP contribution in [0.25, 0.3) is 11.3 Å². The van der Waals surface area contributed by atoms with Gasteiger partial charge in [-0.25, -0.2) is 4.39 Å². The van der Waals surface area contributed by atoms with Crippen LogP contribution < -0.4 is 4.74 Å². The number of aromatic nitrogens is 2. The van der Waals surface area contributed by atoms with E-state index in [0.29, 0.717) is 0 Å². The minimum atomic E-state index is -0.392. The van der Waals surface area contributed by atoms with Gasteiger partial charge in [-0.1, -0.05) is 0 Å². The van der Waals surface area contributed by atoms with Gasteiger partial charge in [-0.3, -0.25) is 5.10 Å². The zero-order valence-corrected chi connectivity index (χ0v) is 9.51. The number of ether oxygens (including phenoxy) is 1. The third-order valence-electron chi connectivity index (χ3n) is 2.03. The fraction of sp³-hybridized carbons (Fsp3) is 0.100. The normalized spacial score (nSPS) is 10.3. The van der Waals surface area contributed by atoms with Crippen LogP contribution in [0.3, 0.4) is 0 Å². The summed E-state index contributed by atoms with van der Waals surface area (Å²) < 4.78 is 19.0. The average molecular weight is 271 g/mol. The Morgan fingerprint density at radius 3 is 2.80 bits per heavy atom. The molecule has 15 heavy (non-hydrogen) atoms. The molecule has 3 nitrogen and oxygen atoms in total. The van der Waals surface area contributed by atoms with Gasteiger partial charge < -0.3 is 4.74 Å². The molecule has 1 heterocycles. The summed E-state index contributed by atoms with van der Waals surface area (Å²) in [7, 11) is 1.43. The van der Waals surface area contributed by atoms with Crippen molar-refractivity contribution >= 4 is 15.9 Å². The minimum Gasteiger partial charge on any atom is -0.494 e. The summed E-state index contributed by atoms with van der Waals surface area (Å²) in [5.74, 6) is -0.161. The topological polar surface area (TPSA) is 37.9 Å². The Bertz CT molecular complexity index is 484. The van der Waals surface area contributed by atoms with E-state index in [1.807, 2.05) is 0 Å². The van der Waals surface area contributed by atoms with Gasteiger partial charge in [0.05, 0.1) is 23.5 Å². The number of aromatic amines is 1. The first-order chi connectivity index (χ1) is 7.22. The Kier molecular flexibility index (Phi) is 2.73. The number of benzene rings is 1. The second-order valence-electron chi connectivity index (χ2n) is 2.94. The fourth-order valence-corrected chi connectivity index (χ4v) is 1.72. The van der Waals surface area contributed by atoms with Crippen molar-refractivity contribution in [1.29, 1.82) is 0 Å². The van der Waals surface area contributed by atoms with E-state index in [1.54, 1.807) is 18.3 Å². The quantitative estimate of drug-likeness (QED) is 0.911. The van der Waals surface area contributed by atoms with Crippen molar-refractivity contribution < 1.29 is 9.13 Å². The van der Waals surface area contributed by atoms with Gasteiger partial charge in [0, 0.05) is 5.56 Å². The molecule has 0 atom stereocenters. The molecule has 0 unspecified atom stereocenters. The lowest BCUT2D eigenvalue weighted by atomic mass is 10.1. The summed E-state index contributed by atoms with van der Waals surface area (Å²) in [6, 6.07) is 4.75. The molecule has 0 saturated heterocycles. The summed E-state index contributed by atoms with van der Waals surface area (Å²) in [5.41, 5.74) is 1.47. The number of H-pyrrole nitrogens is 1. The molecular formula is C10H8BrFN2O. The highest BCUT2D eigenvalue weighted by atomic mass is 79.9. The molecule has 78 valence electrons. The predicted molar refractivity (Wildman–Crippen MR) is 58.2 cm³/mol. The highest BCUT2D eigenvalue weighted by Crippen LogP contribution is 2.28. The van der Waals surface area contributed by atoms with E-state index in [9.17, 15) is 4.39 Å². The van der Waals surface area contributed by atoms with Gasteiger partial charge >= 0.3 is 0 Å². The number of methoxy groups -OCH3 is 1. The van der Waals surface area contributed by atoms with Crippen LogP contribution in [-0.2, 0) is 0 Å². The maximum atomic E-state index is 13.4.